The summed E-state index contributed by atoms with van der Waals surface area (Å²) in [5.74, 6) is 1.10. The Bertz CT molecular complexity index is 1210. The Morgan fingerprint density at radius 3 is 2.69 bits per heavy atom. The minimum absolute atomic E-state index is 0.00448. The Kier molecular flexibility index (Phi) is 8.54. The molecule has 3 aromatic rings. The van der Waals surface area contributed by atoms with Crippen LogP contribution in [0.2, 0.25) is 5.02 Å². The van der Waals surface area contributed by atoms with Crippen LogP contribution in [0.1, 0.15) is 47.1 Å². The maximum Gasteiger partial charge on any atom is 0.254 e. The van der Waals surface area contributed by atoms with E-state index in [1.54, 1.807) is 47.6 Å². The number of nitrogens with zero attached hydrogens (tertiary/aromatic N) is 2. The van der Waals surface area contributed by atoms with E-state index < -0.39 is 0 Å². The normalized spacial score (nSPS) is 15.7. The van der Waals surface area contributed by atoms with Crippen LogP contribution < -0.4 is 9.47 Å². The summed E-state index contributed by atoms with van der Waals surface area (Å²) in [6.07, 6.45) is 1.52. The molecule has 0 saturated heterocycles. The molecule has 190 valence electrons. The molecule has 0 aliphatic carbocycles. The molecule has 0 fully saturated rings. The van der Waals surface area contributed by atoms with Crippen molar-refractivity contribution in [3.05, 3.63) is 81.0 Å². The fraction of sp³-hybridized carbons (Fsp3) is 0.357. The molecule has 2 amide bonds. The standard InChI is InChI=1S/C28H31ClN2O4S/c1-4-19(2)31(28(33)20-7-5-8-21(29)15-20)17-27(32)30-13-11-26-24(12-14-36-26)25(30)18-35-23-10-6-9-22(16-23)34-3/h5-10,12,14-16,19,25H,4,11,13,17-18H2,1-3H3/t19-,25-/m1/s1. The molecule has 0 saturated carbocycles. The largest absolute Gasteiger partial charge is 0.497 e. The van der Waals surface area contributed by atoms with E-state index in [1.807, 2.05) is 43.0 Å². The van der Waals surface area contributed by atoms with Crippen LogP contribution >= 0.6 is 22.9 Å². The van der Waals surface area contributed by atoms with Crippen molar-refractivity contribution in [2.24, 2.45) is 0 Å². The number of thiophene rings is 1. The second-order valence-corrected chi connectivity index (χ2v) is 10.3. The van der Waals surface area contributed by atoms with Crippen molar-refractivity contribution < 1.29 is 19.1 Å². The van der Waals surface area contributed by atoms with Crippen LogP contribution in [-0.2, 0) is 11.2 Å². The van der Waals surface area contributed by atoms with Crippen molar-refractivity contribution in [2.75, 3.05) is 26.8 Å². The van der Waals surface area contributed by atoms with E-state index in [1.165, 1.54) is 4.88 Å². The molecule has 8 heteroatoms. The van der Waals surface area contributed by atoms with Crippen LogP contribution in [-0.4, -0.2) is 54.5 Å². The molecule has 1 aliphatic rings. The quantitative estimate of drug-likeness (QED) is 0.350. The number of carbonyl (C=O) groups excluding carboxylic acids is 2. The number of ether oxygens (including phenoxy) is 2. The first-order valence-corrected chi connectivity index (χ1v) is 13.4. The summed E-state index contributed by atoms with van der Waals surface area (Å²) in [5, 5.41) is 2.55. The molecule has 2 aromatic carbocycles. The van der Waals surface area contributed by atoms with Crippen LogP contribution in [0.25, 0.3) is 0 Å². The number of carbonyl (C=O) groups is 2. The molecule has 0 N–H and O–H groups in total. The van der Waals surface area contributed by atoms with Crippen molar-refractivity contribution >= 4 is 34.8 Å². The lowest BCUT2D eigenvalue weighted by molar-refractivity contribution is -0.136. The highest BCUT2D eigenvalue weighted by Crippen LogP contribution is 2.34. The van der Waals surface area contributed by atoms with Crippen molar-refractivity contribution in [3.8, 4) is 11.5 Å². The number of amides is 2. The average Bonchev–Trinajstić information content (AvgIpc) is 3.38. The summed E-state index contributed by atoms with van der Waals surface area (Å²) in [5.41, 5.74) is 1.59. The summed E-state index contributed by atoms with van der Waals surface area (Å²) in [4.78, 5) is 31.9. The van der Waals surface area contributed by atoms with Gasteiger partial charge in [-0.3, -0.25) is 9.59 Å². The fourth-order valence-corrected chi connectivity index (χ4v) is 5.53. The number of halogens is 1. The number of fused-ring (bicyclic) bond motifs is 1. The molecular weight excluding hydrogens is 496 g/mol. The van der Waals surface area contributed by atoms with Gasteiger partial charge in [0.2, 0.25) is 5.91 Å². The zero-order chi connectivity index (χ0) is 25.7. The Hall–Kier alpha value is -3.03. The second-order valence-electron chi connectivity index (χ2n) is 8.84. The summed E-state index contributed by atoms with van der Waals surface area (Å²) >= 11 is 7.83. The van der Waals surface area contributed by atoms with Crippen molar-refractivity contribution in [2.45, 2.75) is 38.8 Å². The first-order chi connectivity index (χ1) is 17.4. The third-order valence-corrected chi connectivity index (χ3v) is 7.86. The topological polar surface area (TPSA) is 59.1 Å². The first-order valence-electron chi connectivity index (χ1n) is 12.1. The Balaban J connectivity index is 1.55. The highest BCUT2D eigenvalue weighted by Gasteiger charge is 2.34. The molecule has 0 spiro atoms. The number of rotatable bonds is 9. The zero-order valence-corrected chi connectivity index (χ0v) is 22.3. The minimum atomic E-state index is -0.237. The maximum atomic E-state index is 13.7. The zero-order valence-electron chi connectivity index (χ0n) is 20.8. The fourth-order valence-electron chi connectivity index (χ4n) is 4.41. The lowest BCUT2D eigenvalue weighted by Crippen LogP contribution is -2.49. The summed E-state index contributed by atoms with van der Waals surface area (Å²) in [7, 11) is 1.62. The molecular formula is C28H31ClN2O4S. The van der Waals surface area contributed by atoms with Gasteiger partial charge in [-0.15, -0.1) is 11.3 Å². The van der Waals surface area contributed by atoms with Gasteiger partial charge in [-0.1, -0.05) is 30.7 Å². The molecule has 1 aromatic heterocycles. The maximum absolute atomic E-state index is 13.7. The van der Waals surface area contributed by atoms with E-state index in [0.29, 0.717) is 35.2 Å². The van der Waals surface area contributed by atoms with Gasteiger partial charge in [0.15, 0.2) is 0 Å². The predicted molar refractivity (Wildman–Crippen MR) is 143 cm³/mol. The molecule has 0 bridgehead atoms. The molecule has 2 atom stereocenters. The SMILES string of the molecule is CC[C@@H](C)N(CC(=O)N1CCc2sccc2[C@H]1COc1cccc(OC)c1)C(=O)c1cccc(Cl)c1. The van der Waals surface area contributed by atoms with E-state index in [9.17, 15) is 9.59 Å². The van der Waals surface area contributed by atoms with Gasteiger partial charge in [0, 0.05) is 34.1 Å². The predicted octanol–water partition coefficient (Wildman–Crippen LogP) is 5.86. The van der Waals surface area contributed by atoms with Gasteiger partial charge in [-0.2, -0.15) is 0 Å². The van der Waals surface area contributed by atoms with Gasteiger partial charge in [0.05, 0.1) is 13.2 Å². The van der Waals surface area contributed by atoms with Crippen LogP contribution in [0.3, 0.4) is 0 Å². The van der Waals surface area contributed by atoms with Gasteiger partial charge in [0.25, 0.3) is 5.91 Å². The average molecular weight is 527 g/mol. The van der Waals surface area contributed by atoms with Crippen molar-refractivity contribution in [1.82, 2.24) is 9.80 Å². The summed E-state index contributed by atoms with van der Waals surface area (Å²) in [6.45, 7) is 4.87. The molecule has 0 unspecified atom stereocenters. The van der Waals surface area contributed by atoms with Crippen LogP contribution in [0.4, 0.5) is 0 Å². The van der Waals surface area contributed by atoms with E-state index in [4.69, 9.17) is 21.1 Å². The summed E-state index contributed by atoms with van der Waals surface area (Å²) < 4.78 is 11.4. The van der Waals surface area contributed by atoms with Crippen molar-refractivity contribution in [1.29, 1.82) is 0 Å². The van der Waals surface area contributed by atoms with Gasteiger partial charge in [-0.25, -0.2) is 0 Å². The molecule has 6 nitrogen and oxygen atoms in total. The van der Waals surface area contributed by atoms with Gasteiger partial charge in [-0.05, 0) is 67.1 Å². The van der Waals surface area contributed by atoms with Gasteiger partial charge < -0.3 is 19.3 Å². The van der Waals surface area contributed by atoms with Crippen LogP contribution in [0.15, 0.2) is 60.0 Å². The molecule has 1 aliphatic heterocycles. The Labute approximate surface area is 221 Å². The third-order valence-electron chi connectivity index (χ3n) is 6.63. The molecule has 4 rings (SSSR count). The highest BCUT2D eigenvalue weighted by atomic mass is 35.5. The smallest absolute Gasteiger partial charge is 0.254 e. The van der Waals surface area contributed by atoms with E-state index >= 15 is 0 Å². The van der Waals surface area contributed by atoms with Crippen LogP contribution in [0.5, 0.6) is 11.5 Å². The lowest BCUT2D eigenvalue weighted by Gasteiger charge is -2.38. The monoisotopic (exact) mass is 526 g/mol. The number of methoxy groups -OCH3 is 1. The van der Waals surface area contributed by atoms with E-state index in [2.05, 4.69) is 11.4 Å². The lowest BCUT2D eigenvalue weighted by atomic mass is 10.00. The van der Waals surface area contributed by atoms with Crippen LogP contribution in [0, 0.1) is 0 Å². The Morgan fingerprint density at radius 1 is 1.17 bits per heavy atom. The number of hydrogen-bond acceptors (Lipinski definition) is 5. The van der Waals surface area contributed by atoms with E-state index in [-0.39, 0.29) is 30.4 Å². The molecule has 0 radical (unpaired) electrons. The highest BCUT2D eigenvalue weighted by molar-refractivity contribution is 7.10. The second kappa shape index (κ2) is 11.8. The Morgan fingerprint density at radius 2 is 1.94 bits per heavy atom. The summed E-state index contributed by atoms with van der Waals surface area (Å²) in [6, 6.07) is 16.0. The van der Waals surface area contributed by atoms with Gasteiger partial charge in [0.1, 0.15) is 24.7 Å². The number of benzene rings is 2. The minimum Gasteiger partial charge on any atom is -0.497 e. The van der Waals surface area contributed by atoms with Gasteiger partial charge >= 0.3 is 0 Å². The number of hydrogen-bond donors (Lipinski definition) is 0. The molecule has 2 heterocycles. The van der Waals surface area contributed by atoms with Crippen molar-refractivity contribution in [3.63, 3.8) is 0 Å². The molecule has 36 heavy (non-hydrogen) atoms. The van der Waals surface area contributed by atoms with E-state index in [0.717, 1.165) is 18.4 Å². The first kappa shape index (κ1) is 26.0. The third kappa shape index (κ3) is 5.85.